The van der Waals surface area contributed by atoms with Gasteiger partial charge in [-0.05, 0) is 36.1 Å². The maximum atomic E-state index is 6.11. The van der Waals surface area contributed by atoms with Crippen molar-refractivity contribution in [3.8, 4) is 0 Å². The fourth-order valence-electron chi connectivity index (χ4n) is 1.91. The second-order valence-electron chi connectivity index (χ2n) is 4.49. The molecular weight excluding hydrogens is 316 g/mol. The zero-order valence-electron chi connectivity index (χ0n) is 11.8. The molecule has 0 atom stereocenters. The molecule has 22 heavy (non-hydrogen) atoms. The predicted octanol–water partition coefficient (Wildman–Crippen LogP) is 4.45. The van der Waals surface area contributed by atoms with Crippen molar-refractivity contribution < 1.29 is 0 Å². The van der Waals surface area contributed by atoms with Crippen molar-refractivity contribution in [3.05, 3.63) is 59.2 Å². The van der Waals surface area contributed by atoms with E-state index in [0.717, 1.165) is 16.6 Å². The minimum Gasteiger partial charge on any atom is -0.259 e. The van der Waals surface area contributed by atoms with Gasteiger partial charge in [0.15, 0.2) is 11.0 Å². The SMILES string of the molecule is CSc1ccc(/C=N\Nc2nc3ccccc3nc2Cl)cc1. The first-order valence-corrected chi connectivity index (χ1v) is 8.22. The molecule has 0 saturated heterocycles. The van der Waals surface area contributed by atoms with Crippen LogP contribution in [-0.4, -0.2) is 22.4 Å². The van der Waals surface area contributed by atoms with Crippen molar-refractivity contribution >= 4 is 46.4 Å². The summed E-state index contributed by atoms with van der Waals surface area (Å²) >= 11 is 7.82. The number of thioether (sulfide) groups is 1. The molecule has 4 nitrogen and oxygen atoms in total. The van der Waals surface area contributed by atoms with Crippen LogP contribution in [0.15, 0.2) is 58.5 Å². The van der Waals surface area contributed by atoms with Gasteiger partial charge in [-0.1, -0.05) is 35.9 Å². The highest BCUT2D eigenvalue weighted by atomic mass is 35.5. The fraction of sp³-hybridized carbons (Fsp3) is 0.0625. The van der Waals surface area contributed by atoms with E-state index in [0.29, 0.717) is 11.0 Å². The van der Waals surface area contributed by atoms with E-state index < -0.39 is 0 Å². The van der Waals surface area contributed by atoms with Crippen LogP contribution < -0.4 is 5.43 Å². The molecule has 0 aliphatic rings. The molecule has 0 radical (unpaired) electrons. The number of hydrazone groups is 1. The summed E-state index contributed by atoms with van der Waals surface area (Å²) in [5.41, 5.74) is 5.37. The number of hydrogen-bond donors (Lipinski definition) is 1. The Morgan fingerprint density at radius 1 is 1.05 bits per heavy atom. The first-order chi connectivity index (χ1) is 10.8. The van der Waals surface area contributed by atoms with E-state index in [9.17, 15) is 0 Å². The fourth-order valence-corrected chi connectivity index (χ4v) is 2.49. The topological polar surface area (TPSA) is 50.2 Å². The highest BCUT2D eigenvalue weighted by Crippen LogP contribution is 2.21. The highest BCUT2D eigenvalue weighted by Gasteiger charge is 2.05. The Morgan fingerprint density at radius 3 is 2.41 bits per heavy atom. The van der Waals surface area contributed by atoms with Gasteiger partial charge in [0, 0.05) is 4.90 Å². The Hall–Kier alpha value is -2.11. The molecule has 0 amide bonds. The van der Waals surface area contributed by atoms with Crippen LogP contribution in [0.3, 0.4) is 0 Å². The second kappa shape index (κ2) is 6.77. The van der Waals surface area contributed by atoms with Gasteiger partial charge in [0.2, 0.25) is 0 Å². The van der Waals surface area contributed by atoms with E-state index in [1.807, 2.05) is 42.7 Å². The van der Waals surface area contributed by atoms with Crippen LogP contribution in [-0.2, 0) is 0 Å². The molecule has 0 aliphatic heterocycles. The van der Waals surface area contributed by atoms with Crippen LogP contribution in [0.5, 0.6) is 0 Å². The molecule has 0 saturated carbocycles. The lowest BCUT2D eigenvalue weighted by Crippen LogP contribution is -1.97. The number of aromatic nitrogens is 2. The van der Waals surface area contributed by atoms with Crippen LogP contribution in [0.1, 0.15) is 5.56 Å². The number of rotatable bonds is 4. The molecule has 0 fully saturated rings. The molecule has 6 heteroatoms. The monoisotopic (exact) mass is 328 g/mol. The van der Waals surface area contributed by atoms with Crippen LogP contribution in [0.4, 0.5) is 5.82 Å². The standard InChI is InChI=1S/C16H13ClN4S/c1-22-12-8-6-11(7-9-12)10-18-21-16-15(17)19-13-4-2-3-5-14(13)20-16/h2-10H,1H3,(H,20,21)/b18-10-. The largest absolute Gasteiger partial charge is 0.259 e. The maximum Gasteiger partial charge on any atom is 0.185 e. The van der Waals surface area contributed by atoms with Crippen LogP contribution in [0.2, 0.25) is 5.15 Å². The summed E-state index contributed by atoms with van der Waals surface area (Å²) < 4.78 is 0. The number of para-hydroxylation sites is 2. The minimum absolute atomic E-state index is 0.300. The van der Waals surface area contributed by atoms with Crippen LogP contribution in [0, 0.1) is 0 Å². The lowest BCUT2D eigenvalue weighted by molar-refractivity contribution is 1.22. The number of halogens is 1. The Morgan fingerprint density at radius 2 is 1.73 bits per heavy atom. The Balaban J connectivity index is 1.77. The third kappa shape index (κ3) is 3.37. The van der Waals surface area contributed by atoms with Crippen LogP contribution >= 0.6 is 23.4 Å². The molecule has 2 aromatic carbocycles. The van der Waals surface area contributed by atoms with E-state index >= 15 is 0 Å². The van der Waals surface area contributed by atoms with Gasteiger partial charge in [-0.25, -0.2) is 9.97 Å². The van der Waals surface area contributed by atoms with Gasteiger partial charge in [0.05, 0.1) is 17.2 Å². The summed E-state index contributed by atoms with van der Waals surface area (Å²) in [6.45, 7) is 0. The zero-order valence-corrected chi connectivity index (χ0v) is 13.4. The third-order valence-electron chi connectivity index (χ3n) is 3.03. The van der Waals surface area contributed by atoms with Crippen molar-refractivity contribution in [2.24, 2.45) is 5.10 Å². The minimum atomic E-state index is 0.300. The van der Waals surface area contributed by atoms with Gasteiger partial charge in [-0.2, -0.15) is 5.10 Å². The summed E-state index contributed by atoms with van der Waals surface area (Å²) in [5.74, 6) is 0.442. The summed E-state index contributed by atoms with van der Waals surface area (Å²) in [7, 11) is 0. The maximum absolute atomic E-state index is 6.11. The average Bonchev–Trinajstić information content (AvgIpc) is 2.56. The molecule has 0 bridgehead atoms. The molecular formula is C16H13ClN4S. The molecule has 1 aromatic heterocycles. The van der Waals surface area contributed by atoms with E-state index in [1.54, 1.807) is 18.0 Å². The van der Waals surface area contributed by atoms with Gasteiger partial charge in [-0.15, -0.1) is 11.8 Å². The van der Waals surface area contributed by atoms with E-state index in [4.69, 9.17) is 11.6 Å². The number of nitrogens with one attached hydrogen (secondary N) is 1. The number of fused-ring (bicyclic) bond motifs is 1. The number of nitrogens with zero attached hydrogens (tertiary/aromatic N) is 3. The Bertz CT molecular complexity index is 818. The molecule has 1 heterocycles. The predicted molar refractivity (Wildman–Crippen MR) is 94.0 cm³/mol. The quantitative estimate of drug-likeness (QED) is 0.436. The van der Waals surface area contributed by atoms with Gasteiger partial charge in [-0.3, -0.25) is 5.43 Å². The summed E-state index contributed by atoms with van der Waals surface area (Å²) in [5, 5.41) is 4.47. The van der Waals surface area contributed by atoms with Gasteiger partial charge in [0.25, 0.3) is 0 Å². The Labute approximate surface area is 137 Å². The van der Waals surface area contributed by atoms with Crippen molar-refractivity contribution in [1.82, 2.24) is 9.97 Å². The second-order valence-corrected chi connectivity index (χ2v) is 5.73. The normalized spacial score (nSPS) is 11.2. The lowest BCUT2D eigenvalue weighted by atomic mass is 10.2. The molecule has 0 aliphatic carbocycles. The van der Waals surface area contributed by atoms with Gasteiger partial charge >= 0.3 is 0 Å². The van der Waals surface area contributed by atoms with Crippen molar-refractivity contribution in [2.45, 2.75) is 4.90 Å². The van der Waals surface area contributed by atoms with Crippen molar-refractivity contribution in [2.75, 3.05) is 11.7 Å². The molecule has 3 rings (SSSR count). The summed E-state index contributed by atoms with van der Waals surface area (Å²) in [4.78, 5) is 9.91. The Kier molecular flexibility index (Phi) is 4.56. The van der Waals surface area contributed by atoms with Gasteiger partial charge in [0.1, 0.15) is 0 Å². The molecule has 110 valence electrons. The molecule has 0 spiro atoms. The number of benzene rings is 2. The smallest absolute Gasteiger partial charge is 0.185 e. The van der Waals surface area contributed by atoms with E-state index in [2.05, 4.69) is 32.6 Å². The van der Waals surface area contributed by atoms with E-state index in [-0.39, 0.29) is 0 Å². The van der Waals surface area contributed by atoms with Crippen LogP contribution in [0.25, 0.3) is 11.0 Å². The number of hydrogen-bond acceptors (Lipinski definition) is 5. The number of anilines is 1. The van der Waals surface area contributed by atoms with E-state index in [1.165, 1.54) is 4.90 Å². The third-order valence-corrected chi connectivity index (χ3v) is 4.03. The average molecular weight is 329 g/mol. The summed E-state index contributed by atoms with van der Waals surface area (Å²) in [6, 6.07) is 15.7. The first kappa shape index (κ1) is 14.8. The highest BCUT2D eigenvalue weighted by molar-refractivity contribution is 7.98. The summed E-state index contributed by atoms with van der Waals surface area (Å²) in [6.07, 6.45) is 3.77. The lowest BCUT2D eigenvalue weighted by Gasteiger charge is -2.04. The zero-order chi connectivity index (χ0) is 15.4. The van der Waals surface area contributed by atoms with Crippen molar-refractivity contribution in [1.29, 1.82) is 0 Å². The van der Waals surface area contributed by atoms with Gasteiger partial charge < -0.3 is 0 Å². The molecule has 1 N–H and O–H groups in total. The first-order valence-electron chi connectivity index (χ1n) is 6.61. The molecule has 0 unspecified atom stereocenters. The molecule has 3 aromatic rings. The van der Waals surface area contributed by atoms with Crippen molar-refractivity contribution in [3.63, 3.8) is 0 Å².